The predicted molar refractivity (Wildman–Crippen MR) is 70.3 cm³/mol. The van der Waals surface area contributed by atoms with Crippen molar-refractivity contribution in [1.82, 2.24) is 9.97 Å². The molecule has 4 nitrogen and oxygen atoms in total. The van der Waals surface area contributed by atoms with E-state index in [1.54, 1.807) is 0 Å². The Bertz CT molecular complexity index is 391. The van der Waals surface area contributed by atoms with Gasteiger partial charge in [-0.1, -0.05) is 13.8 Å². The highest BCUT2D eigenvalue weighted by atomic mass is 15.2. The molecule has 0 bridgehead atoms. The molecule has 0 saturated heterocycles. The van der Waals surface area contributed by atoms with E-state index in [1.165, 1.54) is 17.7 Å². The van der Waals surface area contributed by atoms with Gasteiger partial charge in [0.2, 0.25) is 5.95 Å². The van der Waals surface area contributed by atoms with Crippen molar-refractivity contribution in [3.05, 3.63) is 17.5 Å². The van der Waals surface area contributed by atoms with Crippen molar-refractivity contribution in [2.45, 2.75) is 32.6 Å². The molecule has 0 amide bonds. The van der Waals surface area contributed by atoms with Gasteiger partial charge < -0.3 is 10.6 Å². The van der Waals surface area contributed by atoms with Crippen molar-refractivity contribution in [3.63, 3.8) is 0 Å². The van der Waals surface area contributed by atoms with Gasteiger partial charge in [0.05, 0.1) is 0 Å². The van der Waals surface area contributed by atoms with E-state index >= 15 is 0 Å². The van der Waals surface area contributed by atoms with Crippen LogP contribution in [0.15, 0.2) is 6.20 Å². The second kappa shape index (κ2) is 5.00. The first-order valence-electron chi connectivity index (χ1n) is 6.38. The van der Waals surface area contributed by atoms with E-state index in [1.807, 2.05) is 18.1 Å². The fourth-order valence-electron chi connectivity index (χ4n) is 2.61. The molecule has 1 aromatic rings. The topological polar surface area (TPSA) is 55.0 Å². The summed E-state index contributed by atoms with van der Waals surface area (Å²) in [4.78, 5) is 11.2. The quantitative estimate of drug-likeness (QED) is 0.862. The molecular formula is C13H22N4. The Morgan fingerprint density at radius 3 is 2.94 bits per heavy atom. The summed E-state index contributed by atoms with van der Waals surface area (Å²) in [5.41, 5.74) is 8.11. The average molecular weight is 234 g/mol. The Balaban J connectivity index is 2.27. The monoisotopic (exact) mass is 234 g/mol. The lowest BCUT2D eigenvalue weighted by molar-refractivity contribution is 0.440. The van der Waals surface area contributed by atoms with Crippen molar-refractivity contribution in [3.8, 4) is 0 Å². The molecule has 2 atom stereocenters. The smallest absolute Gasteiger partial charge is 0.225 e. The molecule has 4 heteroatoms. The minimum atomic E-state index is 0.586. The molecule has 0 saturated carbocycles. The molecule has 0 radical (unpaired) electrons. The molecule has 17 heavy (non-hydrogen) atoms. The highest BCUT2D eigenvalue weighted by molar-refractivity contribution is 5.35. The number of aromatic nitrogens is 2. The Morgan fingerprint density at radius 1 is 1.47 bits per heavy atom. The molecule has 2 unspecified atom stereocenters. The number of likely N-dealkylation sites (N-methyl/N-ethyl adjacent to an activating group) is 1. The van der Waals surface area contributed by atoms with Crippen molar-refractivity contribution in [2.24, 2.45) is 11.7 Å². The fourth-order valence-corrected chi connectivity index (χ4v) is 2.61. The lowest BCUT2D eigenvalue weighted by Crippen LogP contribution is -2.28. The molecule has 1 aliphatic carbocycles. The van der Waals surface area contributed by atoms with Gasteiger partial charge in [0.1, 0.15) is 0 Å². The number of nitrogens with zero attached hydrogens (tertiary/aromatic N) is 3. The lowest BCUT2D eigenvalue weighted by Gasteiger charge is -2.27. The van der Waals surface area contributed by atoms with Crippen LogP contribution in [-0.2, 0) is 6.42 Å². The van der Waals surface area contributed by atoms with Crippen molar-refractivity contribution in [2.75, 3.05) is 25.0 Å². The number of hydrogen-bond acceptors (Lipinski definition) is 4. The summed E-state index contributed by atoms with van der Waals surface area (Å²) in [6, 6.07) is 0. The molecule has 1 heterocycles. The van der Waals surface area contributed by atoms with Crippen LogP contribution in [0.4, 0.5) is 5.95 Å². The Labute approximate surface area is 103 Å². The van der Waals surface area contributed by atoms with E-state index in [2.05, 4.69) is 18.8 Å². The second-order valence-electron chi connectivity index (χ2n) is 5.23. The molecule has 0 fully saturated rings. The highest BCUT2D eigenvalue weighted by Gasteiger charge is 2.23. The van der Waals surface area contributed by atoms with Gasteiger partial charge in [-0.3, -0.25) is 0 Å². The predicted octanol–water partition coefficient (Wildman–Crippen LogP) is 1.56. The van der Waals surface area contributed by atoms with E-state index in [-0.39, 0.29) is 0 Å². The summed E-state index contributed by atoms with van der Waals surface area (Å²) in [5, 5.41) is 0. The molecule has 1 aromatic heterocycles. The maximum Gasteiger partial charge on any atom is 0.225 e. The molecule has 0 aliphatic heterocycles. The molecule has 2 N–H and O–H groups in total. The zero-order valence-electron chi connectivity index (χ0n) is 11.0. The van der Waals surface area contributed by atoms with Crippen molar-refractivity contribution in [1.29, 1.82) is 0 Å². The maximum atomic E-state index is 5.55. The first-order valence-corrected chi connectivity index (χ1v) is 6.38. The maximum absolute atomic E-state index is 5.55. The van der Waals surface area contributed by atoms with Crippen molar-refractivity contribution < 1.29 is 0 Å². The largest absolute Gasteiger partial charge is 0.343 e. The van der Waals surface area contributed by atoms with Crippen LogP contribution >= 0.6 is 0 Å². The summed E-state index contributed by atoms with van der Waals surface area (Å²) in [6.45, 7) is 5.99. The zero-order valence-corrected chi connectivity index (χ0v) is 11.0. The molecule has 0 spiro atoms. The summed E-state index contributed by atoms with van der Waals surface area (Å²) in [6.07, 6.45) is 4.32. The van der Waals surface area contributed by atoms with E-state index in [4.69, 9.17) is 10.7 Å². The number of nitrogens with two attached hydrogens (primary N) is 1. The average Bonchev–Trinajstić information content (AvgIpc) is 2.28. The summed E-state index contributed by atoms with van der Waals surface area (Å²) >= 11 is 0. The second-order valence-corrected chi connectivity index (χ2v) is 5.23. The SMILES string of the molecule is CC1Cc2nc(N(C)CCN)ncc2C(C)C1. The molecule has 94 valence electrons. The first-order chi connectivity index (χ1) is 8.11. The Hall–Kier alpha value is -1.16. The summed E-state index contributed by atoms with van der Waals surface area (Å²) < 4.78 is 0. The third-order valence-electron chi connectivity index (χ3n) is 3.52. The minimum absolute atomic E-state index is 0.586. The first kappa shape index (κ1) is 12.3. The summed E-state index contributed by atoms with van der Waals surface area (Å²) in [7, 11) is 1.99. The van der Waals surface area contributed by atoms with Crippen molar-refractivity contribution >= 4 is 5.95 Å². The van der Waals surface area contributed by atoms with E-state index < -0.39 is 0 Å². The van der Waals surface area contributed by atoms with Gasteiger partial charge in [0, 0.05) is 32.0 Å². The third-order valence-corrected chi connectivity index (χ3v) is 3.52. The Kier molecular flexibility index (Phi) is 3.62. The van der Waals surface area contributed by atoms with Gasteiger partial charge in [-0.05, 0) is 30.2 Å². The fraction of sp³-hybridized carbons (Fsp3) is 0.692. The summed E-state index contributed by atoms with van der Waals surface area (Å²) in [5.74, 6) is 2.11. The van der Waals surface area contributed by atoms with Crippen LogP contribution < -0.4 is 10.6 Å². The molecule has 2 rings (SSSR count). The van der Waals surface area contributed by atoms with Gasteiger partial charge in [-0.2, -0.15) is 0 Å². The van der Waals surface area contributed by atoms with Crippen LogP contribution in [0.3, 0.4) is 0 Å². The molecule has 1 aliphatic rings. The minimum Gasteiger partial charge on any atom is -0.343 e. The zero-order chi connectivity index (χ0) is 12.4. The normalized spacial score (nSPS) is 23.3. The van der Waals surface area contributed by atoms with Crippen LogP contribution in [0.1, 0.15) is 37.4 Å². The van der Waals surface area contributed by atoms with Crippen LogP contribution in [0, 0.1) is 5.92 Å². The highest BCUT2D eigenvalue weighted by Crippen LogP contribution is 2.33. The number of hydrogen-bond donors (Lipinski definition) is 1. The van der Waals surface area contributed by atoms with E-state index in [0.717, 1.165) is 24.8 Å². The standard InChI is InChI=1S/C13H22N4/c1-9-6-10(2)11-8-15-13(16-12(11)7-9)17(3)5-4-14/h8-10H,4-7,14H2,1-3H3. The number of fused-ring (bicyclic) bond motifs is 1. The number of rotatable bonds is 3. The van der Waals surface area contributed by atoms with Gasteiger partial charge in [0.15, 0.2) is 0 Å². The van der Waals surface area contributed by atoms with Gasteiger partial charge >= 0.3 is 0 Å². The van der Waals surface area contributed by atoms with Crippen LogP contribution in [0.5, 0.6) is 0 Å². The van der Waals surface area contributed by atoms with Gasteiger partial charge in [0.25, 0.3) is 0 Å². The van der Waals surface area contributed by atoms with E-state index in [0.29, 0.717) is 12.5 Å². The molecule has 0 aromatic carbocycles. The third kappa shape index (κ3) is 2.57. The van der Waals surface area contributed by atoms with Crippen LogP contribution in [0.2, 0.25) is 0 Å². The van der Waals surface area contributed by atoms with Crippen LogP contribution in [0.25, 0.3) is 0 Å². The molecular weight excluding hydrogens is 212 g/mol. The Morgan fingerprint density at radius 2 is 2.24 bits per heavy atom. The van der Waals surface area contributed by atoms with Gasteiger partial charge in [-0.25, -0.2) is 9.97 Å². The van der Waals surface area contributed by atoms with E-state index in [9.17, 15) is 0 Å². The van der Waals surface area contributed by atoms with Gasteiger partial charge in [-0.15, -0.1) is 0 Å². The van der Waals surface area contributed by atoms with Crippen LogP contribution in [-0.4, -0.2) is 30.1 Å². The lowest BCUT2D eigenvalue weighted by atomic mass is 9.82. The number of anilines is 1.